The molecule has 3 aromatic rings. The van der Waals surface area contributed by atoms with E-state index in [1.165, 1.54) is 24.3 Å². The Morgan fingerprint density at radius 2 is 1.71 bits per heavy atom. The smallest absolute Gasteiger partial charge is 0.134 e. The highest BCUT2D eigenvalue weighted by molar-refractivity contribution is 5.82. The summed E-state index contributed by atoms with van der Waals surface area (Å²) < 4.78 is 32.2. The number of hydrogen-bond acceptors (Lipinski definition) is 3. The highest BCUT2D eigenvalue weighted by atomic mass is 19.1. The summed E-state index contributed by atoms with van der Waals surface area (Å²) >= 11 is 0. The number of hydrogen-bond donors (Lipinski definition) is 2. The summed E-state index contributed by atoms with van der Waals surface area (Å²) in [6.45, 7) is 1.84. The summed E-state index contributed by atoms with van der Waals surface area (Å²) in [7, 11) is 0. The van der Waals surface area contributed by atoms with E-state index in [9.17, 15) is 8.78 Å². The van der Waals surface area contributed by atoms with Gasteiger partial charge in [0.25, 0.3) is 0 Å². The molecule has 0 aliphatic rings. The van der Waals surface area contributed by atoms with Gasteiger partial charge in [0.2, 0.25) is 0 Å². The Morgan fingerprint density at radius 3 is 2.38 bits per heavy atom. The molecule has 0 aliphatic heterocycles. The molecule has 0 saturated heterocycles. The van der Waals surface area contributed by atoms with Crippen LogP contribution in [0.5, 0.6) is 0 Å². The van der Waals surface area contributed by atoms with Crippen LogP contribution < -0.4 is 11.3 Å². The van der Waals surface area contributed by atoms with E-state index in [0.29, 0.717) is 16.7 Å². The average molecular weight is 288 g/mol. The van der Waals surface area contributed by atoms with Gasteiger partial charge >= 0.3 is 0 Å². The number of benzene rings is 2. The zero-order valence-corrected chi connectivity index (χ0v) is 11.4. The molecule has 2 aromatic carbocycles. The Hall–Kier alpha value is -2.24. The highest BCUT2D eigenvalue weighted by Crippen LogP contribution is 2.32. The lowest BCUT2D eigenvalue weighted by atomic mass is 10.0. The molecule has 3 rings (SSSR count). The highest BCUT2D eigenvalue weighted by Gasteiger charge is 2.21. The van der Waals surface area contributed by atoms with Crippen LogP contribution in [0, 0.1) is 18.6 Å². The predicted molar refractivity (Wildman–Crippen MR) is 76.5 cm³/mol. The minimum atomic E-state index is -0.430. The van der Waals surface area contributed by atoms with E-state index in [-0.39, 0.29) is 11.6 Å². The fourth-order valence-corrected chi connectivity index (χ4v) is 2.47. The van der Waals surface area contributed by atoms with Gasteiger partial charge in [0.05, 0.1) is 0 Å². The number of halogens is 2. The van der Waals surface area contributed by atoms with Gasteiger partial charge in [-0.25, -0.2) is 14.2 Å². The molecule has 108 valence electrons. The van der Waals surface area contributed by atoms with Crippen LogP contribution in [0.1, 0.15) is 22.9 Å². The van der Waals surface area contributed by atoms with Crippen LogP contribution in [-0.2, 0) is 0 Å². The number of aryl methyl sites for hydroxylation is 1. The minimum Gasteiger partial charge on any atom is -0.459 e. The molecule has 0 spiro atoms. The quantitative estimate of drug-likeness (QED) is 0.572. The molecule has 3 N–H and O–H groups in total. The summed E-state index contributed by atoms with van der Waals surface area (Å²) in [5, 5.41) is 0.701. The number of rotatable bonds is 3. The third kappa shape index (κ3) is 2.41. The first-order valence-corrected chi connectivity index (χ1v) is 6.50. The van der Waals surface area contributed by atoms with Crippen molar-refractivity contribution in [3.05, 3.63) is 71.0 Å². The van der Waals surface area contributed by atoms with E-state index >= 15 is 0 Å². The van der Waals surface area contributed by atoms with E-state index in [4.69, 9.17) is 10.3 Å². The van der Waals surface area contributed by atoms with E-state index in [2.05, 4.69) is 5.43 Å². The van der Waals surface area contributed by atoms with Gasteiger partial charge in [0.15, 0.2) is 0 Å². The maximum absolute atomic E-state index is 13.4. The van der Waals surface area contributed by atoms with E-state index in [1.807, 2.05) is 6.92 Å². The Morgan fingerprint density at radius 1 is 1.05 bits per heavy atom. The van der Waals surface area contributed by atoms with Crippen LogP contribution in [0.4, 0.5) is 8.78 Å². The molecular formula is C16H14F2N2O. The van der Waals surface area contributed by atoms with E-state index < -0.39 is 6.04 Å². The normalized spacial score (nSPS) is 12.8. The van der Waals surface area contributed by atoms with Crippen molar-refractivity contribution in [3.8, 4) is 0 Å². The third-order valence-corrected chi connectivity index (χ3v) is 3.57. The van der Waals surface area contributed by atoms with Gasteiger partial charge in [0, 0.05) is 10.9 Å². The number of nitrogens with two attached hydrogens (primary N) is 1. The molecule has 0 aliphatic carbocycles. The summed E-state index contributed by atoms with van der Waals surface area (Å²) in [4.78, 5) is 0. The Bertz CT molecular complexity index is 781. The van der Waals surface area contributed by atoms with Crippen LogP contribution in [0.15, 0.2) is 46.9 Å². The molecule has 0 amide bonds. The van der Waals surface area contributed by atoms with Crippen LogP contribution in [-0.4, -0.2) is 0 Å². The molecule has 1 heterocycles. The van der Waals surface area contributed by atoms with Crippen molar-refractivity contribution in [2.45, 2.75) is 13.0 Å². The molecule has 0 radical (unpaired) electrons. The first kappa shape index (κ1) is 13.7. The van der Waals surface area contributed by atoms with Crippen molar-refractivity contribution < 1.29 is 13.2 Å². The van der Waals surface area contributed by atoms with E-state index in [0.717, 1.165) is 11.1 Å². The number of fused-ring (bicyclic) bond motifs is 1. The molecule has 5 heteroatoms. The SMILES string of the molecule is Cc1c(C(NN)c2ccc(F)cc2)oc2ccc(F)cc12. The average Bonchev–Trinajstić information content (AvgIpc) is 2.79. The molecule has 0 bridgehead atoms. The summed E-state index contributed by atoms with van der Waals surface area (Å²) in [5.41, 5.74) is 4.82. The summed E-state index contributed by atoms with van der Waals surface area (Å²) in [5.74, 6) is 5.56. The van der Waals surface area contributed by atoms with Gasteiger partial charge < -0.3 is 4.42 Å². The van der Waals surface area contributed by atoms with Crippen molar-refractivity contribution in [3.63, 3.8) is 0 Å². The molecule has 3 nitrogen and oxygen atoms in total. The zero-order valence-electron chi connectivity index (χ0n) is 11.4. The van der Waals surface area contributed by atoms with Crippen molar-refractivity contribution in [1.82, 2.24) is 5.43 Å². The van der Waals surface area contributed by atoms with Gasteiger partial charge in [-0.2, -0.15) is 0 Å². The minimum absolute atomic E-state index is 0.321. The Balaban J connectivity index is 2.12. The molecule has 1 unspecified atom stereocenters. The van der Waals surface area contributed by atoms with Gasteiger partial charge in [-0.1, -0.05) is 12.1 Å². The Labute approximate surface area is 120 Å². The Kier molecular flexibility index (Phi) is 3.45. The molecule has 0 saturated carbocycles. The van der Waals surface area contributed by atoms with E-state index in [1.54, 1.807) is 18.2 Å². The van der Waals surface area contributed by atoms with Gasteiger partial charge in [-0.3, -0.25) is 5.84 Å². The lowest BCUT2D eigenvalue weighted by molar-refractivity contribution is 0.473. The number of nitrogens with one attached hydrogen (secondary N) is 1. The van der Waals surface area contributed by atoms with Crippen LogP contribution in [0.2, 0.25) is 0 Å². The third-order valence-electron chi connectivity index (χ3n) is 3.57. The van der Waals surface area contributed by atoms with Crippen LogP contribution >= 0.6 is 0 Å². The van der Waals surface area contributed by atoms with Crippen molar-refractivity contribution in [2.24, 2.45) is 5.84 Å². The number of furan rings is 1. The molecule has 21 heavy (non-hydrogen) atoms. The molecule has 0 fully saturated rings. The van der Waals surface area contributed by atoms with Gasteiger partial charge in [0.1, 0.15) is 29.0 Å². The predicted octanol–water partition coefficient (Wildman–Crippen LogP) is 3.57. The van der Waals surface area contributed by atoms with Crippen LogP contribution in [0.25, 0.3) is 11.0 Å². The molecule has 1 aromatic heterocycles. The second-order valence-corrected chi connectivity index (χ2v) is 4.88. The van der Waals surface area contributed by atoms with Gasteiger partial charge in [-0.15, -0.1) is 0 Å². The summed E-state index contributed by atoms with van der Waals surface area (Å²) in [6, 6.07) is 9.91. The largest absolute Gasteiger partial charge is 0.459 e. The van der Waals surface area contributed by atoms with Crippen molar-refractivity contribution in [1.29, 1.82) is 0 Å². The number of hydrazine groups is 1. The topological polar surface area (TPSA) is 51.2 Å². The maximum atomic E-state index is 13.4. The first-order valence-electron chi connectivity index (χ1n) is 6.50. The maximum Gasteiger partial charge on any atom is 0.134 e. The lowest BCUT2D eigenvalue weighted by Crippen LogP contribution is -2.29. The summed E-state index contributed by atoms with van der Waals surface area (Å²) in [6.07, 6.45) is 0. The monoisotopic (exact) mass is 288 g/mol. The fraction of sp³-hybridized carbons (Fsp3) is 0.125. The van der Waals surface area contributed by atoms with Crippen molar-refractivity contribution in [2.75, 3.05) is 0 Å². The second-order valence-electron chi connectivity index (χ2n) is 4.88. The lowest BCUT2D eigenvalue weighted by Gasteiger charge is -2.14. The molecule has 1 atom stereocenters. The standard InChI is InChI=1S/C16H14F2N2O/c1-9-13-8-12(18)6-7-14(13)21-16(9)15(20-19)10-2-4-11(17)5-3-10/h2-8,15,20H,19H2,1H3. The fourth-order valence-electron chi connectivity index (χ4n) is 2.47. The van der Waals surface area contributed by atoms with Gasteiger partial charge in [-0.05, 0) is 42.8 Å². The van der Waals surface area contributed by atoms with Crippen molar-refractivity contribution >= 4 is 11.0 Å². The first-order chi connectivity index (χ1) is 10.1. The zero-order chi connectivity index (χ0) is 15.0. The molecular weight excluding hydrogens is 274 g/mol. The van der Waals surface area contributed by atoms with Crippen LogP contribution in [0.3, 0.4) is 0 Å². The second kappa shape index (κ2) is 5.27.